The highest BCUT2D eigenvalue weighted by molar-refractivity contribution is 4.83. The predicted octanol–water partition coefficient (Wildman–Crippen LogP) is 7.21. The molecule has 1 aromatic heterocycles. The molecule has 0 saturated carbocycles. The van der Waals surface area contributed by atoms with Crippen molar-refractivity contribution in [3.8, 4) is 0 Å². The van der Waals surface area contributed by atoms with Gasteiger partial charge < -0.3 is 4.74 Å². The Morgan fingerprint density at radius 3 is 1.42 bits per heavy atom. The Morgan fingerprint density at radius 1 is 0.538 bits per heavy atom. The number of nitrogens with zero attached hydrogens (tertiary/aromatic N) is 1. The molecular formula is C24H44NO+. The summed E-state index contributed by atoms with van der Waals surface area (Å²) in [6.45, 7) is 3.86. The van der Waals surface area contributed by atoms with Crippen LogP contribution in [0, 0.1) is 0 Å². The molecule has 0 aliphatic heterocycles. The minimum atomic E-state index is 0.680. The monoisotopic (exact) mass is 362 g/mol. The van der Waals surface area contributed by atoms with Gasteiger partial charge in [0.25, 0.3) is 6.73 Å². The first kappa shape index (κ1) is 23.1. The molecule has 0 radical (unpaired) electrons. The first-order valence-corrected chi connectivity index (χ1v) is 11.5. The summed E-state index contributed by atoms with van der Waals surface area (Å²) >= 11 is 0. The van der Waals surface area contributed by atoms with Crippen LogP contribution in [0.5, 0.6) is 0 Å². The highest BCUT2D eigenvalue weighted by Gasteiger charge is 1.97. The number of ether oxygens (including phenoxy) is 1. The maximum atomic E-state index is 5.70. The Morgan fingerprint density at radius 2 is 0.962 bits per heavy atom. The molecule has 1 aromatic rings. The average molecular weight is 363 g/mol. The zero-order chi connectivity index (χ0) is 18.5. The molecule has 0 aromatic carbocycles. The van der Waals surface area contributed by atoms with E-state index in [1.54, 1.807) is 0 Å². The summed E-state index contributed by atoms with van der Waals surface area (Å²) in [6, 6.07) is 6.11. The van der Waals surface area contributed by atoms with Crippen LogP contribution in [0.15, 0.2) is 30.6 Å². The predicted molar refractivity (Wildman–Crippen MR) is 112 cm³/mol. The van der Waals surface area contributed by atoms with Crippen LogP contribution in [0.3, 0.4) is 0 Å². The molecule has 2 heteroatoms. The molecule has 1 heterocycles. The quantitative estimate of drug-likeness (QED) is 0.187. The smallest absolute Gasteiger partial charge is 0.252 e. The Hall–Kier alpha value is -0.890. The summed E-state index contributed by atoms with van der Waals surface area (Å²) in [4.78, 5) is 0. The lowest BCUT2D eigenvalue weighted by molar-refractivity contribution is -0.732. The first-order chi connectivity index (χ1) is 12.9. The third kappa shape index (κ3) is 15.4. The zero-order valence-electron chi connectivity index (χ0n) is 17.5. The van der Waals surface area contributed by atoms with Crippen LogP contribution in [0.25, 0.3) is 0 Å². The minimum Gasteiger partial charge on any atom is -0.323 e. The van der Waals surface area contributed by atoms with E-state index in [0.29, 0.717) is 6.73 Å². The molecule has 0 bridgehead atoms. The molecule has 0 unspecified atom stereocenters. The topological polar surface area (TPSA) is 13.1 Å². The normalized spacial score (nSPS) is 11.1. The van der Waals surface area contributed by atoms with E-state index in [2.05, 4.69) is 11.5 Å². The first-order valence-electron chi connectivity index (χ1n) is 11.5. The van der Waals surface area contributed by atoms with Crippen molar-refractivity contribution >= 4 is 0 Å². The lowest BCUT2D eigenvalue weighted by Gasteiger charge is -2.04. The summed E-state index contributed by atoms with van der Waals surface area (Å²) < 4.78 is 7.78. The molecule has 2 nitrogen and oxygen atoms in total. The van der Waals surface area contributed by atoms with Crippen molar-refractivity contribution < 1.29 is 9.30 Å². The van der Waals surface area contributed by atoms with Crippen molar-refractivity contribution in [3.05, 3.63) is 30.6 Å². The number of hydrogen-bond donors (Lipinski definition) is 0. The fraction of sp³-hybridized carbons (Fsp3) is 0.792. The Bertz CT molecular complexity index is 379. The number of unbranched alkanes of at least 4 members (excludes halogenated alkanes) is 15. The number of pyridine rings is 1. The number of rotatable bonds is 19. The third-order valence-electron chi connectivity index (χ3n) is 5.16. The van der Waals surface area contributed by atoms with Gasteiger partial charge in [0, 0.05) is 12.1 Å². The molecule has 0 aliphatic carbocycles. The maximum absolute atomic E-state index is 5.70. The van der Waals surface area contributed by atoms with Gasteiger partial charge in [-0.05, 0) is 6.42 Å². The van der Waals surface area contributed by atoms with Gasteiger partial charge in [0.05, 0.1) is 6.61 Å². The van der Waals surface area contributed by atoms with Crippen molar-refractivity contribution in [1.29, 1.82) is 0 Å². The lowest BCUT2D eigenvalue weighted by atomic mass is 10.0. The summed E-state index contributed by atoms with van der Waals surface area (Å²) in [5.74, 6) is 0. The maximum Gasteiger partial charge on any atom is 0.252 e. The number of hydrogen-bond acceptors (Lipinski definition) is 1. The largest absolute Gasteiger partial charge is 0.323 e. The molecule has 0 fully saturated rings. The van der Waals surface area contributed by atoms with Gasteiger partial charge in [-0.15, -0.1) is 0 Å². The van der Waals surface area contributed by atoms with Crippen molar-refractivity contribution in [2.75, 3.05) is 6.61 Å². The zero-order valence-corrected chi connectivity index (χ0v) is 17.5. The van der Waals surface area contributed by atoms with E-state index in [0.717, 1.165) is 6.61 Å². The summed E-state index contributed by atoms with van der Waals surface area (Å²) in [5, 5.41) is 0. The Labute approximate surface area is 163 Å². The van der Waals surface area contributed by atoms with Crippen molar-refractivity contribution in [2.45, 2.75) is 116 Å². The van der Waals surface area contributed by atoms with E-state index in [9.17, 15) is 0 Å². The van der Waals surface area contributed by atoms with E-state index in [4.69, 9.17) is 4.74 Å². The minimum absolute atomic E-state index is 0.680. The summed E-state index contributed by atoms with van der Waals surface area (Å²) in [7, 11) is 0. The van der Waals surface area contributed by atoms with Crippen LogP contribution >= 0.6 is 0 Å². The highest BCUT2D eigenvalue weighted by atomic mass is 16.5. The average Bonchev–Trinajstić information content (AvgIpc) is 2.68. The molecule has 150 valence electrons. The van der Waals surface area contributed by atoms with E-state index in [-0.39, 0.29) is 0 Å². The van der Waals surface area contributed by atoms with Gasteiger partial charge in [-0.1, -0.05) is 109 Å². The highest BCUT2D eigenvalue weighted by Crippen LogP contribution is 2.13. The molecule has 0 saturated heterocycles. The summed E-state index contributed by atoms with van der Waals surface area (Å²) in [5.41, 5.74) is 0. The van der Waals surface area contributed by atoms with Crippen LogP contribution in [0.2, 0.25) is 0 Å². The van der Waals surface area contributed by atoms with Gasteiger partial charge in [-0.2, -0.15) is 4.57 Å². The molecule has 0 N–H and O–H groups in total. The fourth-order valence-corrected chi connectivity index (χ4v) is 3.44. The van der Waals surface area contributed by atoms with Crippen LogP contribution in [-0.4, -0.2) is 6.61 Å². The van der Waals surface area contributed by atoms with Gasteiger partial charge >= 0.3 is 0 Å². The molecule has 1 rings (SSSR count). The third-order valence-corrected chi connectivity index (χ3v) is 5.16. The standard InChI is InChI=1S/C24H44NO/c1-2-3-4-5-6-7-8-9-10-11-12-13-14-15-16-20-23-26-24-25-21-18-17-19-22-25/h17-19,21-22H,2-16,20,23-24H2,1H3/q+1. The van der Waals surface area contributed by atoms with E-state index in [1.165, 1.54) is 103 Å². The van der Waals surface area contributed by atoms with E-state index in [1.807, 2.05) is 30.6 Å². The molecular weight excluding hydrogens is 318 g/mol. The van der Waals surface area contributed by atoms with Crippen molar-refractivity contribution in [3.63, 3.8) is 0 Å². The SMILES string of the molecule is CCCCCCCCCCCCCCCCCCOC[n+]1ccccc1. The molecule has 26 heavy (non-hydrogen) atoms. The molecule has 0 aliphatic rings. The Kier molecular flexibility index (Phi) is 16.8. The Balaban J connectivity index is 1.68. The van der Waals surface area contributed by atoms with E-state index < -0.39 is 0 Å². The second-order valence-corrected chi connectivity index (χ2v) is 7.73. The summed E-state index contributed by atoms with van der Waals surface area (Å²) in [6.07, 6.45) is 26.7. The second-order valence-electron chi connectivity index (χ2n) is 7.73. The number of aromatic nitrogens is 1. The van der Waals surface area contributed by atoms with Gasteiger partial charge in [0.2, 0.25) is 0 Å². The van der Waals surface area contributed by atoms with Gasteiger partial charge in [-0.3, -0.25) is 0 Å². The van der Waals surface area contributed by atoms with E-state index >= 15 is 0 Å². The van der Waals surface area contributed by atoms with Gasteiger partial charge in [0.15, 0.2) is 12.4 Å². The molecule has 0 atom stereocenters. The fourth-order valence-electron chi connectivity index (χ4n) is 3.44. The van der Waals surface area contributed by atoms with Crippen LogP contribution in [0.1, 0.15) is 110 Å². The van der Waals surface area contributed by atoms with Crippen molar-refractivity contribution in [1.82, 2.24) is 0 Å². The van der Waals surface area contributed by atoms with Crippen LogP contribution < -0.4 is 4.57 Å². The van der Waals surface area contributed by atoms with Gasteiger partial charge in [0.1, 0.15) is 0 Å². The van der Waals surface area contributed by atoms with Crippen LogP contribution in [0.4, 0.5) is 0 Å². The second kappa shape index (κ2) is 18.9. The van der Waals surface area contributed by atoms with Crippen LogP contribution in [-0.2, 0) is 11.5 Å². The van der Waals surface area contributed by atoms with Gasteiger partial charge in [-0.25, -0.2) is 0 Å². The molecule has 0 spiro atoms. The van der Waals surface area contributed by atoms with Crippen molar-refractivity contribution in [2.24, 2.45) is 0 Å². The lowest BCUT2D eigenvalue weighted by Crippen LogP contribution is -2.33. The molecule has 0 amide bonds.